The Balaban J connectivity index is 0.000000249. The van der Waals surface area contributed by atoms with Crippen LogP contribution in [-0.4, -0.2) is 37.3 Å². The molecule has 0 atom stereocenters. The summed E-state index contributed by atoms with van der Waals surface area (Å²) in [5.41, 5.74) is 13.1. The van der Waals surface area contributed by atoms with Crippen LogP contribution in [0.2, 0.25) is 0 Å². The number of nitrogens with zero attached hydrogens (tertiary/aromatic N) is 3. The average Bonchev–Trinajstić information content (AvgIpc) is 3.63. The smallest absolute Gasteiger partial charge is 0.283 e. The molecule has 0 fully saturated rings. The van der Waals surface area contributed by atoms with Crippen LogP contribution in [0.5, 0.6) is 0 Å². The molecule has 0 spiro atoms. The molecule has 3 heterocycles. The van der Waals surface area contributed by atoms with Crippen molar-refractivity contribution < 1.29 is 26.2 Å². The molecule has 0 aliphatic carbocycles. The normalized spacial score (nSPS) is 9.68. The molecule has 223 valence electrons. The van der Waals surface area contributed by atoms with Crippen molar-refractivity contribution in [2.45, 2.75) is 41.5 Å². The zero-order chi connectivity index (χ0) is 31.4. The Morgan fingerprint density at radius 3 is 0.795 bits per heavy atom. The molecular weight excluding hydrogens is 618 g/mol. The van der Waals surface area contributed by atoms with E-state index in [0.29, 0.717) is 0 Å². The Morgan fingerprint density at radius 1 is 0.432 bits per heavy atom. The van der Waals surface area contributed by atoms with E-state index in [1.54, 1.807) is 0 Å². The van der Waals surface area contributed by atoms with E-state index in [2.05, 4.69) is 72.1 Å². The van der Waals surface area contributed by atoms with Crippen molar-refractivity contribution in [1.82, 2.24) is 30.6 Å². The van der Waals surface area contributed by atoms with Gasteiger partial charge >= 0.3 is 26.2 Å². The summed E-state index contributed by atoms with van der Waals surface area (Å²) in [6.45, 7) is 23.6. The van der Waals surface area contributed by atoms with Gasteiger partial charge in [0.1, 0.15) is 0 Å². The summed E-state index contributed by atoms with van der Waals surface area (Å²) in [7, 11) is 0. The number of H-pyrrole nitrogens is 3. The molecule has 6 nitrogen and oxygen atoms in total. The topological polar surface area (TPSA) is 86.0 Å². The van der Waals surface area contributed by atoms with Gasteiger partial charge in [-0.25, -0.2) is 0 Å². The number of rotatable bonds is 3. The van der Waals surface area contributed by atoms with Crippen LogP contribution in [0.15, 0.2) is 91.0 Å². The largest absolute Gasteiger partial charge is 3.00 e. The standard InChI is InChI=1S/C15H21BN6.3C7H7.Zr/c1-7-13(8(2)18-17-7)16(14-9(3)19-20-10(14)4)15-11(5)21-22-12(15)6;3*1-7-5-3-2-4-6-7;/h1-6H3,(H,17,18)(H,19,20)(H,21,22);3*2-6H,1H2;/q;3*-1;+3. The molecule has 0 unspecified atom stereocenters. The summed E-state index contributed by atoms with van der Waals surface area (Å²) in [5, 5.41) is 22.5. The first-order valence-corrected chi connectivity index (χ1v) is 14.3. The number of aromatic nitrogens is 6. The number of hydrogen-bond donors (Lipinski definition) is 3. The molecule has 44 heavy (non-hydrogen) atoms. The van der Waals surface area contributed by atoms with Gasteiger partial charge in [0.2, 0.25) is 0 Å². The van der Waals surface area contributed by atoms with Gasteiger partial charge in [-0.1, -0.05) is 18.2 Å². The summed E-state index contributed by atoms with van der Waals surface area (Å²) >= 11 is 0. The van der Waals surface area contributed by atoms with Crippen LogP contribution >= 0.6 is 0 Å². The van der Waals surface area contributed by atoms with Crippen molar-refractivity contribution in [2.75, 3.05) is 0 Å². The summed E-state index contributed by atoms with van der Waals surface area (Å²) in [5.74, 6) is 0. The van der Waals surface area contributed by atoms with Gasteiger partial charge in [0, 0.05) is 17.1 Å². The van der Waals surface area contributed by atoms with Gasteiger partial charge in [-0.2, -0.15) is 89.2 Å². The van der Waals surface area contributed by atoms with E-state index in [4.69, 9.17) is 0 Å². The van der Waals surface area contributed by atoms with E-state index in [9.17, 15) is 0 Å². The van der Waals surface area contributed by atoms with Gasteiger partial charge in [0.05, 0.1) is 17.1 Å². The number of aryl methyl sites for hydroxylation is 6. The third-order valence-electron chi connectivity index (χ3n) is 6.95. The van der Waals surface area contributed by atoms with Crippen LogP contribution in [0, 0.1) is 62.3 Å². The first-order chi connectivity index (χ1) is 20.6. The van der Waals surface area contributed by atoms with Crippen molar-refractivity contribution in [3.05, 3.63) is 163 Å². The molecule has 6 rings (SSSR count). The maximum Gasteiger partial charge on any atom is 3.00 e. The van der Waals surface area contributed by atoms with E-state index >= 15 is 0 Å². The maximum absolute atomic E-state index is 4.39. The molecule has 3 N–H and O–H groups in total. The molecular formula is C36H42BN6Zr. The van der Waals surface area contributed by atoms with Crippen LogP contribution in [0.3, 0.4) is 0 Å². The second-order valence-electron chi connectivity index (χ2n) is 10.4. The zero-order valence-electron chi connectivity index (χ0n) is 26.7. The number of benzene rings is 3. The quantitative estimate of drug-likeness (QED) is 0.165. The summed E-state index contributed by atoms with van der Waals surface area (Å²) < 4.78 is 0. The Morgan fingerprint density at radius 2 is 0.659 bits per heavy atom. The first kappa shape index (κ1) is 36.0. The average molecular weight is 661 g/mol. The fraction of sp³-hybridized carbons (Fsp3) is 0.167. The monoisotopic (exact) mass is 659 g/mol. The molecule has 1 radical (unpaired) electrons. The van der Waals surface area contributed by atoms with Crippen LogP contribution < -0.4 is 16.4 Å². The van der Waals surface area contributed by atoms with E-state index in [0.717, 1.165) is 50.9 Å². The number of nitrogens with one attached hydrogen (secondary N) is 3. The van der Waals surface area contributed by atoms with Crippen LogP contribution in [0.1, 0.15) is 50.9 Å². The Labute approximate surface area is 282 Å². The van der Waals surface area contributed by atoms with Crippen molar-refractivity contribution in [3.63, 3.8) is 0 Å². The maximum atomic E-state index is 4.39. The van der Waals surface area contributed by atoms with Gasteiger partial charge < -0.3 is 0 Å². The van der Waals surface area contributed by atoms with Crippen LogP contribution in [-0.2, 0) is 26.2 Å². The molecule has 0 bridgehead atoms. The predicted octanol–water partition coefficient (Wildman–Crippen LogP) is 5.83. The zero-order valence-corrected chi connectivity index (χ0v) is 29.2. The van der Waals surface area contributed by atoms with Gasteiger partial charge in [-0.15, -0.1) is 36.4 Å². The van der Waals surface area contributed by atoms with E-state index < -0.39 is 0 Å². The molecule has 0 amide bonds. The van der Waals surface area contributed by atoms with Gasteiger partial charge in [-0.3, -0.25) is 15.3 Å². The first-order valence-electron chi connectivity index (χ1n) is 14.3. The Hall–Kier alpha value is -4.15. The minimum Gasteiger partial charge on any atom is -0.283 e. The fourth-order valence-corrected chi connectivity index (χ4v) is 4.82. The van der Waals surface area contributed by atoms with Crippen molar-refractivity contribution in [3.8, 4) is 0 Å². The SMILES string of the molecule is Cc1n[nH]c(C)c1B(c1c(C)n[nH]c1C)c1c(C)n[nH]c1C.[CH2-]c1ccccc1.[CH2-]c1ccccc1.[CH2-]c1ccccc1.[Zr+3]. The number of aromatic amines is 3. The molecule has 0 saturated carbocycles. The summed E-state index contributed by atoms with van der Waals surface area (Å²) in [4.78, 5) is 0. The molecule has 3 aromatic carbocycles. The van der Waals surface area contributed by atoms with Crippen molar-refractivity contribution in [1.29, 1.82) is 0 Å². The molecule has 0 aliphatic rings. The van der Waals surface area contributed by atoms with E-state index in [1.165, 1.54) is 16.4 Å². The third-order valence-corrected chi connectivity index (χ3v) is 6.95. The number of hydrogen-bond acceptors (Lipinski definition) is 3. The van der Waals surface area contributed by atoms with Gasteiger partial charge in [0.25, 0.3) is 6.71 Å². The van der Waals surface area contributed by atoms with E-state index in [1.807, 2.05) is 112 Å². The predicted molar refractivity (Wildman–Crippen MR) is 182 cm³/mol. The van der Waals surface area contributed by atoms with Crippen molar-refractivity contribution >= 4 is 23.1 Å². The second kappa shape index (κ2) is 17.8. The molecule has 6 aromatic rings. The van der Waals surface area contributed by atoms with Crippen molar-refractivity contribution in [2.24, 2.45) is 0 Å². The minimum absolute atomic E-state index is 0. The molecule has 8 heteroatoms. The fourth-order valence-electron chi connectivity index (χ4n) is 4.82. The van der Waals surface area contributed by atoms with E-state index in [-0.39, 0.29) is 32.9 Å². The molecule has 0 aliphatic heterocycles. The summed E-state index contributed by atoms with van der Waals surface area (Å²) in [6.07, 6.45) is 0. The summed E-state index contributed by atoms with van der Waals surface area (Å²) in [6, 6.07) is 29.6. The minimum atomic E-state index is 0. The van der Waals surface area contributed by atoms with Gasteiger partial charge in [-0.05, 0) is 57.9 Å². The third kappa shape index (κ3) is 10.2. The Kier molecular flexibility index (Phi) is 14.6. The van der Waals surface area contributed by atoms with Gasteiger partial charge in [0.15, 0.2) is 0 Å². The second-order valence-corrected chi connectivity index (χ2v) is 10.4. The van der Waals surface area contributed by atoms with Crippen LogP contribution in [0.4, 0.5) is 0 Å². The van der Waals surface area contributed by atoms with Crippen LogP contribution in [0.25, 0.3) is 0 Å². The molecule has 3 aromatic heterocycles. The molecule has 0 saturated heterocycles. The Bertz CT molecular complexity index is 1400.